The molecule has 2 aromatic carbocycles. The van der Waals surface area contributed by atoms with Gasteiger partial charge in [-0.15, -0.1) is 0 Å². The number of carbonyl (C=O) groups is 1. The van der Waals surface area contributed by atoms with E-state index in [9.17, 15) is 4.79 Å². The van der Waals surface area contributed by atoms with Crippen molar-refractivity contribution in [2.45, 2.75) is 12.5 Å². The molecule has 0 fully saturated rings. The minimum atomic E-state index is -0.323. The fourth-order valence-electron chi connectivity index (χ4n) is 2.93. The molecule has 0 saturated carbocycles. The predicted molar refractivity (Wildman–Crippen MR) is 104 cm³/mol. The highest BCUT2D eigenvalue weighted by Gasteiger charge is 2.19. The monoisotopic (exact) mass is 362 g/mol. The summed E-state index contributed by atoms with van der Waals surface area (Å²) in [4.78, 5) is 17.2. The van der Waals surface area contributed by atoms with E-state index < -0.39 is 0 Å². The molecule has 0 spiro atoms. The number of hydrogen-bond acceptors (Lipinski definition) is 4. The number of carbonyl (C=O) groups excluding carboxylic acids is 1. The Balaban J connectivity index is 1.83. The normalized spacial score (nSPS) is 11.5. The van der Waals surface area contributed by atoms with E-state index in [-0.39, 0.29) is 18.4 Å². The molecule has 0 radical (unpaired) electrons. The first-order valence-corrected chi connectivity index (χ1v) is 8.67. The lowest BCUT2D eigenvalue weighted by Gasteiger charge is -2.19. The Hall–Kier alpha value is -3.34. The summed E-state index contributed by atoms with van der Waals surface area (Å²) in [5, 5.41) is 3.09. The number of aromatic nitrogens is 1. The highest BCUT2D eigenvalue weighted by molar-refractivity contribution is 5.80. The number of ether oxygens (including phenoxy) is 2. The van der Waals surface area contributed by atoms with E-state index in [1.807, 2.05) is 54.6 Å². The topological polar surface area (TPSA) is 60.5 Å². The minimum Gasteiger partial charge on any atom is -0.497 e. The third kappa shape index (κ3) is 4.64. The average Bonchev–Trinajstić information content (AvgIpc) is 2.73. The van der Waals surface area contributed by atoms with E-state index in [2.05, 4.69) is 10.3 Å². The number of nitrogens with one attached hydrogen (secondary N) is 1. The highest BCUT2D eigenvalue weighted by atomic mass is 16.5. The number of methoxy groups -OCH3 is 2. The van der Waals surface area contributed by atoms with Gasteiger partial charge in [0.1, 0.15) is 11.5 Å². The zero-order valence-corrected chi connectivity index (χ0v) is 15.4. The van der Waals surface area contributed by atoms with Crippen molar-refractivity contribution in [3.05, 3.63) is 89.7 Å². The van der Waals surface area contributed by atoms with E-state index in [1.165, 1.54) is 0 Å². The second kappa shape index (κ2) is 8.85. The Bertz CT molecular complexity index is 843. The summed E-state index contributed by atoms with van der Waals surface area (Å²) >= 11 is 0. The van der Waals surface area contributed by atoms with Gasteiger partial charge in [-0.3, -0.25) is 9.78 Å². The number of rotatable bonds is 7. The van der Waals surface area contributed by atoms with Crippen LogP contribution in [0, 0.1) is 0 Å². The van der Waals surface area contributed by atoms with Crippen molar-refractivity contribution in [1.29, 1.82) is 0 Å². The van der Waals surface area contributed by atoms with Crippen LogP contribution in [0.5, 0.6) is 11.5 Å². The second-order valence-electron chi connectivity index (χ2n) is 6.02. The van der Waals surface area contributed by atoms with Crippen molar-refractivity contribution in [3.63, 3.8) is 0 Å². The van der Waals surface area contributed by atoms with Crippen molar-refractivity contribution in [2.75, 3.05) is 14.2 Å². The van der Waals surface area contributed by atoms with Crippen molar-refractivity contribution >= 4 is 5.91 Å². The van der Waals surface area contributed by atoms with Gasteiger partial charge in [-0.2, -0.15) is 0 Å². The van der Waals surface area contributed by atoms with Crippen molar-refractivity contribution < 1.29 is 14.3 Å². The predicted octanol–water partition coefficient (Wildman–Crippen LogP) is 3.55. The van der Waals surface area contributed by atoms with Crippen LogP contribution in [0.1, 0.15) is 22.9 Å². The van der Waals surface area contributed by atoms with Crippen LogP contribution in [0.4, 0.5) is 0 Å². The summed E-state index contributed by atoms with van der Waals surface area (Å²) in [5.41, 5.74) is 2.53. The third-order valence-corrected chi connectivity index (χ3v) is 4.26. The van der Waals surface area contributed by atoms with Gasteiger partial charge in [0.2, 0.25) is 5.91 Å². The van der Waals surface area contributed by atoms with Crippen molar-refractivity contribution in [3.8, 4) is 11.5 Å². The lowest BCUT2D eigenvalue weighted by atomic mass is 10.0. The summed E-state index contributed by atoms with van der Waals surface area (Å²) in [5.74, 6) is 1.21. The second-order valence-corrected chi connectivity index (χ2v) is 6.02. The van der Waals surface area contributed by atoms with Gasteiger partial charge < -0.3 is 14.8 Å². The molecule has 1 aromatic heterocycles. The highest BCUT2D eigenvalue weighted by Crippen LogP contribution is 2.25. The van der Waals surface area contributed by atoms with E-state index >= 15 is 0 Å². The van der Waals surface area contributed by atoms with Crippen LogP contribution < -0.4 is 14.8 Å². The number of amides is 1. The lowest BCUT2D eigenvalue weighted by Crippen LogP contribution is -2.31. The number of hydrogen-bond donors (Lipinski definition) is 1. The maximum Gasteiger partial charge on any atom is 0.225 e. The molecule has 1 unspecified atom stereocenters. The Labute approximate surface area is 159 Å². The first kappa shape index (κ1) is 18.5. The minimum absolute atomic E-state index is 0.124. The summed E-state index contributed by atoms with van der Waals surface area (Å²) < 4.78 is 10.6. The van der Waals surface area contributed by atoms with Crippen LogP contribution in [0.25, 0.3) is 0 Å². The molecule has 0 aliphatic heterocycles. The van der Waals surface area contributed by atoms with Gasteiger partial charge >= 0.3 is 0 Å². The van der Waals surface area contributed by atoms with Gasteiger partial charge in [-0.05, 0) is 35.9 Å². The smallest absolute Gasteiger partial charge is 0.225 e. The zero-order chi connectivity index (χ0) is 19.1. The number of benzene rings is 2. The van der Waals surface area contributed by atoms with Crippen LogP contribution in [0.15, 0.2) is 72.9 Å². The molecule has 0 aliphatic carbocycles. The molecule has 5 nitrogen and oxygen atoms in total. The Morgan fingerprint density at radius 2 is 1.78 bits per heavy atom. The van der Waals surface area contributed by atoms with Gasteiger partial charge in [-0.1, -0.05) is 36.4 Å². The Morgan fingerprint density at radius 3 is 2.44 bits per heavy atom. The summed E-state index contributed by atoms with van der Waals surface area (Å²) in [7, 11) is 3.18. The van der Waals surface area contributed by atoms with Crippen LogP contribution in [-0.4, -0.2) is 25.1 Å². The molecule has 3 aromatic rings. The molecule has 5 heteroatoms. The van der Waals surface area contributed by atoms with E-state index in [0.717, 1.165) is 16.8 Å². The maximum absolute atomic E-state index is 12.8. The van der Waals surface area contributed by atoms with Crippen LogP contribution in [0.2, 0.25) is 0 Å². The molecule has 3 rings (SSSR count). The molecule has 1 amide bonds. The van der Waals surface area contributed by atoms with Crippen LogP contribution >= 0.6 is 0 Å². The fraction of sp³-hybridized carbons (Fsp3) is 0.182. The van der Waals surface area contributed by atoms with E-state index in [1.54, 1.807) is 32.5 Å². The van der Waals surface area contributed by atoms with Crippen molar-refractivity contribution in [1.82, 2.24) is 10.3 Å². The van der Waals surface area contributed by atoms with Gasteiger partial charge in [0.05, 0.1) is 32.4 Å². The summed E-state index contributed by atoms with van der Waals surface area (Å²) in [6.07, 6.45) is 1.90. The largest absolute Gasteiger partial charge is 0.497 e. The molecular weight excluding hydrogens is 340 g/mol. The molecule has 138 valence electrons. The zero-order valence-electron chi connectivity index (χ0n) is 15.4. The first-order chi connectivity index (χ1) is 13.2. The van der Waals surface area contributed by atoms with E-state index in [0.29, 0.717) is 11.5 Å². The molecule has 0 aliphatic rings. The maximum atomic E-state index is 12.8. The summed E-state index contributed by atoms with van der Waals surface area (Å²) in [6, 6.07) is 20.6. The third-order valence-electron chi connectivity index (χ3n) is 4.26. The molecule has 0 bridgehead atoms. The van der Waals surface area contributed by atoms with Gasteiger partial charge in [0.15, 0.2) is 0 Å². The quantitative estimate of drug-likeness (QED) is 0.698. The molecule has 27 heavy (non-hydrogen) atoms. The Morgan fingerprint density at radius 1 is 1.00 bits per heavy atom. The van der Waals surface area contributed by atoms with Crippen LogP contribution in [0.3, 0.4) is 0 Å². The van der Waals surface area contributed by atoms with Crippen LogP contribution in [-0.2, 0) is 11.2 Å². The number of nitrogens with zero attached hydrogens (tertiary/aromatic N) is 1. The summed E-state index contributed by atoms with van der Waals surface area (Å²) in [6.45, 7) is 0. The van der Waals surface area contributed by atoms with Gasteiger partial charge in [0, 0.05) is 11.8 Å². The molecule has 1 N–H and O–H groups in total. The number of pyridine rings is 1. The van der Waals surface area contributed by atoms with E-state index in [4.69, 9.17) is 9.47 Å². The molecular formula is C22H22N2O3. The first-order valence-electron chi connectivity index (χ1n) is 8.67. The fourth-order valence-corrected chi connectivity index (χ4v) is 2.93. The Kier molecular flexibility index (Phi) is 6.05. The van der Waals surface area contributed by atoms with Gasteiger partial charge in [-0.25, -0.2) is 0 Å². The average molecular weight is 362 g/mol. The molecule has 1 atom stereocenters. The lowest BCUT2D eigenvalue weighted by molar-refractivity contribution is -0.121. The standard InChI is InChI=1S/C22H22N2O3/c1-26-18-11-12-20(27-2)17(14-18)15-21(25)24-22(16-8-4-3-5-9-16)19-10-6-7-13-23-19/h3-14,22H,15H2,1-2H3,(H,24,25). The molecule has 0 saturated heterocycles. The SMILES string of the molecule is COc1ccc(OC)c(CC(=O)NC(c2ccccc2)c2ccccn2)c1. The van der Waals surface area contributed by atoms with Crippen molar-refractivity contribution in [2.24, 2.45) is 0 Å². The van der Waals surface area contributed by atoms with Gasteiger partial charge in [0.25, 0.3) is 0 Å². The molecule has 1 heterocycles.